The van der Waals surface area contributed by atoms with E-state index < -0.39 is 5.97 Å². The molecule has 4 heterocycles. The summed E-state index contributed by atoms with van der Waals surface area (Å²) in [6.07, 6.45) is 4.10. The van der Waals surface area contributed by atoms with E-state index in [0.717, 1.165) is 33.7 Å². The van der Waals surface area contributed by atoms with E-state index in [2.05, 4.69) is 9.97 Å². The Morgan fingerprint density at radius 2 is 1.95 bits per heavy atom. The molecule has 0 atom stereocenters. The highest BCUT2D eigenvalue weighted by Crippen LogP contribution is 2.37. The molecule has 0 spiro atoms. The van der Waals surface area contributed by atoms with Gasteiger partial charge in [-0.25, -0.2) is 14.8 Å². The number of carboxylic acid groups (broad SMARTS) is 1. The van der Waals surface area contributed by atoms with Crippen molar-refractivity contribution in [3.63, 3.8) is 0 Å². The predicted octanol–water partition coefficient (Wildman–Crippen LogP) is 5.58. The van der Waals surface area contributed by atoms with Gasteiger partial charge < -0.3 is 19.6 Å². The van der Waals surface area contributed by atoms with E-state index >= 15 is 0 Å². The maximum Gasteiger partial charge on any atom is 0.345 e. The highest BCUT2D eigenvalue weighted by Gasteiger charge is 2.30. The van der Waals surface area contributed by atoms with Gasteiger partial charge in [0.1, 0.15) is 16.4 Å². The van der Waals surface area contributed by atoms with Crippen molar-refractivity contribution in [1.29, 1.82) is 0 Å². The van der Waals surface area contributed by atoms with Crippen molar-refractivity contribution in [2.75, 3.05) is 30.0 Å². The SMILES string of the molecule is CCN1c2ncc(CCOc3ccc(-c4csc(C(=O)O)c4)cc3C)cc2C(=O)N(C)c2cccnc21. The normalized spacial score (nSPS) is 12.7. The van der Waals surface area contributed by atoms with Crippen molar-refractivity contribution in [2.45, 2.75) is 20.3 Å². The molecule has 0 fully saturated rings. The van der Waals surface area contributed by atoms with E-state index in [0.29, 0.717) is 41.6 Å². The first-order valence-corrected chi connectivity index (χ1v) is 12.8. The molecule has 0 radical (unpaired) electrons. The topological polar surface area (TPSA) is 95.9 Å². The molecule has 0 saturated heterocycles. The second-order valence-electron chi connectivity index (χ2n) is 8.75. The van der Waals surface area contributed by atoms with Crippen LogP contribution in [0, 0.1) is 6.92 Å². The quantitative estimate of drug-likeness (QED) is 0.344. The summed E-state index contributed by atoms with van der Waals surface area (Å²) < 4.78 is 6.05. The molecule has 0 aliphatic carbocycles. The molecule has 37 heavy (non-hydrogen) atoms. The Bertz CT molecular complexity index is 1500. The number of rotatable bonds is 7. The number of aromatic nitrogens is 2. The number of aromatic carboxylic acids is 1. The lowest BCUT2D eigenvalue weighted by molar-refractivity contribution is 0.0702. The van der Waals surface area contributed by atoms with E-state index in [1.165, 1.54) is 11.3 Å². The number of ether oxygens (including phenoxy) is 1. The molecular weight excluding hydrogens is 488 g/mol. The number of aryl methyl sites for hydroxylation is 1. The molecule has 4 aromatic rings. The monoisotopic (exact) mass is 514 g/mol. The lowest BCUT2D eigenvalue weighted by Crippen LogP contribution is -2.25. The number of carboxylic acids is 1. The number of hydrogen-bond acceptors (Lipinski definition) is 7. The van der Waals surface area contributed by atoms with Crippen LogP contribution in [0.1, 0.15) is 38.1 Å². The fourth-order valence-electron chi connectivity index (χ4n) is 4.43. The van der Waals surface area contributed by atoms with Crippen molar-refractivity contribution in [3.8, 4) is 16.9 Å². The highest BCUT2D eigenvalue weighted by molar-refractivity contribution is 7.12. The maximum atomic E-state index is 13.3. The first-order valence-electron chi connectivity index (χ1n) is 11.9. The van der Waals surface area contributed by atoms with Crippen molar-refractivity contribution in [1.82, 2.24) is 9.97 Å². The van der Waals surface area contributed by atoms with E-state index in [1.807, 2.05) is 60.5 Å². The number of carbonyl (C=O) groups excluding carboxylic acids is 1. The maximum absolute atomic E-state index is 13.3. The molecule has 0 saturated carbocycles. The van der Waals surface area contributed by atoms with Crippen molar-refractivity contribution < 1.29 is 19.4 Å². The first kappa shape index (κ1) is 24.5. The summed E-state index contributed by atoms with van der Waals surface area (Å²) in [5, 5.41) is 11.0. The second-order valence-corrected chi connectivity index (χ2v) is 9.66. The number of thiophene rings is 1. The lowest BCUT2D eigenvalue weighted by atomic mass is 10.1. The Morgan fingerprint density at radius 3 is 2.68 bits per heavy atom. The zero-order valence-corrected chi connectivity index (χ0v) is 21.6. The minimum Gasteiger partial charge on any atom is -0.493 e. The summed E-state index contributed by atoms with van der Waals surface area (Å²) in [6, 6.07) is 13.1. The van der Waals surface area contributed by atoms with Gasteiger partial charge in [-0.3, -0.25) is 4.79 Å². The zero-order valence-electron chi connectivity index (χ0n) is 20.8. The van der Waals surface area contributed by atoms with Gasteiger partial charge in [0.2, 0.25) is 0 Å². The van der Waals surface area contributed by atoms with E-state index in [4.69, 9.17) is 9.84 Å². The zero-order chi connectivity index (χ0) is 26.1. The van der Waals surface area contributed by atoms with Gasteiger partial charge in [0.15, 0.2) is 5.82 Å². The van der Waals surface area contributed by atoms with Crippen LogP contribution in [0.25, 0.3) is 11.1 Å². The Labute approximate surface area is 218 Å². The lowest BCUT2D eigenvalue weighted by Gasteiger charge is -2.22. The fourth-order valence-corrected chi connectivity index (χ4v) is 5.18. The number of hydrogen-bond donors (Lipinski definition) is 1. The molecule has 188 valence electrons. The van der Waals surface area contributed by atoms with Gasteiger partial charge in [0.05, 0.1) is 17.9 Å². The smallest absolute Gasteiger partial charge is 0.345 e. The van der Waals surface area contributed by atoms with Crippen LogP contribution in [0.5, 0.6) is 5.75 Å². The van der Waals surface area contributed by atoms with Crippen LogP contribution in [0.3, 0.4) is 0 Å². The second kappa shape index (κ2) is 10.0. The molecule has 1 aliphatic heterocycles. The van der Waals surface area contributed by atoms with Crippen LogP contribution >= 0.6 is 11.3 Å². The third kappa shape index (κ3) is 4.65. The van der Waals surface area contributed by atoms with Crippen molar-refractivity contribution in [3.05, 3.63) is 81.8 Å². The van der Waals surface area contributed by atoms with Crippen molar-refractivity contribution in [2.24, 2.45) is 0 Å². The summed E-state index contributed by atoms with van der Waals surface area (Å²) in [4.78, 5) is 37.6. The molecule has 1 aromatic carbocycles. The van der Waals surface area contributed by atoms with Gasteiger partial charge >= 0.3 is 5.97 Å². The van der Waals surface area contributed by atoms with Crippen LogP contribution in [0.4, 0.5) is 17.3 Å². The van der Waals surface area contributed by atoms with Crippen LogP contribution < -0.4 is 14.5 Å². The molecule has 0 bridgehead atoms. The number of amides is 1. The molecule has 1 N–H and O–H groups in total. The number of fused-ring (bicyclic) bond motifs is 2. The number of anilines is 3. The molecule has 3 aromatic heterocycles. The van der Waals surface area contributed by atoms with Crippen LogP contribution in [0.15, 0.2) is 60.2 Å². The summed E-state index contributed by atoms with van der Waals surface area (Å²) in [5.74, 6) is 1.03. The molecule has 8 nitrogen and oxygen atoms in total. The van der Waals surface area contributed by atoms with Crippen LogP contribution in [-0.4, -0.2) is 47.2 Å². The molecular formula is C28H26N4O4S. The van der Waals surface area contributed by atoms with Crippen LogP contribution in [-0.2, 0) is 6.42 Å². The van der Waals surface area contributed by atoms with Gasteiger partial charge in [-0.2, -0.15) is 0 Å². The summed E-state index contributed by atoms with van der Waals surface area (Å²) in [6.45, 7) is 5.03. The molecule has 5 rings (SSSR count). The number of carbonyl (C=O) groups is 2. The van der Waals surface area contributed by atoms with Gasteiger partial charge in [-0.05, 0) is 77.9 Å². The molecule has 0 unspecified atom stereocenters. The van der Waals surface area contributed by atoms with Gasteiger partial charge in [0, 0.05) is 32.4 Å². The Hall–Kier alpha value is -4.24. The predicted molar refractivity (Wildman–Crippen MR) is 145 cm³/mol. The molecule has 1 aliphatic rings. The average Bonchev–Trinajstić information content (AvgIpc) is 3.38. The van der Waals surface area contributed by atoms with Crippen LogP contribution in [0.2, 0.25) is 0 Å². The van der Waals surface area contributed by atoms with Crippen molar-refractivity contribution >= 4 is 40.5 Å². The largest absolute Gasteiger partial charge is 0.493 e. The number of benzene rings is 1. The van der Waals surface area contributed by atoms with E-state index in [1.54, 1.807) is 30.4 Å². The van der Waals surface area contributed by atoms with Gasteiger partial charge in [-0.1, -0.05) is 6.07 Å². The standard InChI is InChI=1S/C28H26N4O4S/c1-4-32-25-21(27(33)31(3)22-6-5-10-29-26(22)32)13-18(15-30-25)9-11-36-23-8-7-19(12-17(23)2)20-14-24(28(34)35)37-16-20/h5-8,10,12-16H,4,9,11H2,1-3H3,(H,34,35). The Balaban J connectivity index is 1.31. The van der Waals surface area contributed by atoms with Gasteiger partial charge in [0.25, 0.3) is 5.91 Å². The Morgan fingerprint density at radius 1 is 1.11 bits per heavy atom. The summed E-state index contributed by atoms with van der Waals surface area (Å²) >= 11 is 1.21. The summed E-state index contributed by atoms with van der Waals surface area (Å²) in [5.41, 5.74) is 4.98. The fraction of sp³-hybridized carbons (Fsp3) is 0.214. The van der Waals surface area contributed by atoms with E-state index in [-0.39, 0.29) is 5.91 Å². The number of nitrogens with zero attached hydrogens (tertiary/aromatic N) is 4. The third-order valence-corrected chi connectivity index (χ3v) is 7.30. The van der Waals surface area contributed by atoms with Gasteiger partial charge in [-0.15, -0.1) is 11.3 Å². The minimum atomic E-state index is -0.919. The first-order chi connectivity index (χ1) is 17.9. The highest BCUT2D eigenvalue weighted by atomic mass is 32.1. The molecule has 9 heteroatoms. The number of pyridine rings is 2. The average molecular weight is 515 g/mol. The van der Waals surface area contributed by atoms with E-state index in [9.17, 15) is 9.59 Å². The minimum absolute atomic E-state index is 0.124. The third-order valence-electron chi connectivity index (χ3n) is 6.38. The molecule has 1 amide bonds. The Kier molecular flexibility index (Phi) is 6.62. The summed E-state index contributed by atoms with van der Waals surface area (Å²) in [7, 11) is 1.76.